The van der Waals surface area contributed by atoms with Crippen molar-refractivity contribution in [2.45, 2.75) is 93.7 Å². The van der Waals surface area contributed by atoms with E-state index in [0.717, 1.165) is 43.0 Å². The van der Waals surface area contributed by atoms with E-state index in [4.69, 9.17) is 15.6 Å². The molecule has 72 heavy (non-hydrogen) atoms. The summed E-state index contributed by atoms with van der Waals surface area (Å²) in [7, 11) is -0.709. The van der Waals surface area contributed by atoms with E-state index in [1.54, 1.807) is 0 Å². The summed E-state index contributed by atoms with van der Waals surface area (Å²) in [4.78, 5) is 5.37. The van der Waals surface area contributed by atoms with Gasteiger partial charge in [0.25, 0.3) is 0 Å². The third-order valence-electron chi connectivity index (χ3n) is 11.7. The molecule has 0 aliphatic heterocycles. The first-order valence-corrected chi connectivity index (χ1v) is 25.4. The minimum Gasteiger partial charge on any atom is -0.699 e. The van der Waals surface area contributed by atoms with E-state index < -0.39 is 7.92 Å². The molecule has 0 spiro atoms. The van der Waals surface area contributed by atoms with Crippen LogP contribution in [-0.4, -0.2) is 17.8 Å². The molecule has 7 heteroatoms. The Kier molecular flexibility index (Phi) is 27.2. The maximum Gasteiger partial charge on any atom is 0.0691 e. The fourth-order valence-electron chi connectivity index (χ4n) is 7.95. The smallest absolute Gasteiger partial charge is 0.0691 e. The van der Waals surface area contributed by atoms with E-state index in [2.05, 4.69) is 222 Å². The summed E-state index contributed by atoms with van der Waals surface area (Å²) in [5.41, 5.74) is 15.6. The molecule has 0 aromatic heterocycles. The van der Waals surface area contributed by atoms with Crippen LogP contribution in [0.3, 0.4) is 0 Å². The summed E-state index contributed by atoms with van der Waals surface area (Å²) < 4.78 is 0. The van der Waals surface area contributed by atoms with E-state index in [-0.39, 0.29) is 53.0 Å². The Balaban J connectivity index is 0.000000293. The first kappa shape index (κ1) is 60.6. The monoisotopic (exact) mass is 1140 g/mol. The summed E-state index contributed by atoms with van der Waals surface area (Å²) >= 11 is 0. The van der Waals surface area contributed by atoms with Gasteiger partial charge in [0.15, 0.2) is 0 Å². The molecule has 8 rings (SSSR count). The van der Waals surface area contributed by atoms with Crippen molar-refractivity contribution in [1.29, 1.82) is 0 Å². The number of rotatable bonds is 17. The molecular formula is C65H74HfN5P-6. The zero-order valence-electron chi connectivity index (χ0n) is 44.3. The molecule has 0 aliphatic carbocycles. The molecule has 5 nitrogen and oxygen atoms in total. The van der Waals surface area contributed by atoms with Gasteiger partial charge in [-0.15, -0.1) is 24.5 Å². The van der Waals surface area contributed by atoms with Crippen molar-refractivity contribution in [2.24, 2.45) is 4.99 Å². The molecule has 0 bridgehead atoms. The second-order valence-corrected chi connectivity index (χ2v) is 19.6. The topological polar surface area (TPSA) is 68.8 Å². The molecular weight excluding hydrogens is 1060 g/mol. The number of para-hydroxylation sites is 3. The normalized spacial score (nSPS) is 11.4. The van der Waals surface area contributed by atoms with Crippen LogP contribution in [-0.2, 0) is 45.4 Å². The molecule has 0 N–H and O–H groups in total. The number of hydrogen-bond donors (Lipinski definition) is 0. The van der Waals surface area contributed by atoms with Gasteiger partial charge in [0.1, 0.15) is 0 Å². The Hall–Kier alpha value is -5.75. The second-order valence-electron chi connectivity index (χ2n) is 17.4. The molecule has 0 radical (unpaired) electrons. The Bertz CT molecular complexity index is 2570. The minimum absolute atomic E-state index is 0. The maximum atomic E-state index is 5.37. The van der Waals surface area contributed by atoms with Gasteiger partial charge in [-0.25, -0.2) is 12.3 Å². The third kappa shape index (κ3) is 19.4. The predicted octanol–water partition coefficient (Wildman–Crippen LogP) is 18.5. The van der Waals surface area contributed by atoms with E-state index >= 15 is 0 Å². The van der Waals surface area contributed by atoms with Crippen LogP contribution in [0.2, 0.25) is 0 Å². The van der Waals surface area contributed by atoms with Crippen molar-refractivity contribution >= 4 is 41.0 Å². The molecule has 0 saturated carbocycles. The SMILES string of the molecule is Cc1cccc(C)c1N=C(CCc1ccccc1)P(c1ccccc1)c1ccccc1.Cc1cccc(C)c1[N-]C(C)[N-]Cc1ccccc1.Cc1cccc(C)c1[N-]C(C)[N-]Cc1ccccc1.[CH3-].[CH3-].[Hf]. The zero-order valence-corrected chi connectivity index (χ0v) is 48.8. The minimum atomic E-state index is -0.709. The van der Waals surface area contributed by atoms with Gasteiger partial charge in [0.2, 0.25) is 0 Å². The van der Waals surface area contributed by atoms with Gasteiger partial charge in [-0.3, -0.25) is 4.99 Å². The van der Waals surface area contributed by atoms with Gasteiger partial charge in [0, 0.05) is 33.8 Å². The Morgan fingerprint density at radius 1 is 0.403 bits per heavy atom. The van der Waals surface area contributed by atoms with Gasteiger partial charge in [-0.05, 0) is 81.7 Å². The van der Waals surface area contributed by atoms with Crippen molar-refractivity contribution in [3.05, 3.63) is 292 Å². The van der Waals surface area contributed by atoms with Crippen LogP contribution in [0.1, 0.15) is 70.3 Å². The predicted molar refractivity (Wildman–Crippen MR) is 313 cm³/mol. The van der Waals surface area contributed by atoms with Gasteiger partial charge in [-0.2, -0.15) is 0 Å². The summed E-state index contributed by atoms with van der Waals surface area (Å²) in [6.07, 6.45) is 1.90. The molecule has 0 saturated heterocycles. The quantitative estimate of drug-likeness (QED) is 0.0377. The van der Waals surface area contributed by atoms with Crippen molar-refractivity contribution in [3.63, 3.8) is 0 Å². The number of benzene rings is 8. The zero-order chi connectivity index (χ0) is 48.8. The summed E-state index contributed by atoms with van der Waals surface area (Å²) in [5, 5.41) is 21.3. The second kappa shape index (κ2) is 32.3. The van der Waals surface area contributed by atoms with E-state index in [9.17, 15) is 0 Å². The summed E-state index contributed by atoms with van der Waals surface area (Å²) in [6, 6.07) is 72.0. The average Bonchev–Trinajstić information content (AvgIpc) is 3.37. The van der Waals surface area contributed by atoms with Gasteiger partial charge in [0.05, 0.1) is 11.1 Å². The molecule has 8 aromatic carbocycles. The Labute approximate surface area is 455 Å². The molecule has 0 heterocycles. The number of aryl methyl sites for hydroxylation is 7. The average molecular weight is 1130 g/mol. The van der Waals surface area contributed by atoms with Crippen molar-refractivity contribution in [3.8, 4) is 0 Å². The van der Waals surface area contributed by atoms with Gasteiger partial charge < -0.3 is 36.1 Å². The summed E-state index contributed by atoms with van der Waals surface area (Å²) in [5.74, 6) is 0. The molecule has 8 aromatic rings. The van der Waals surface area contributed by atoms with Crippen LogP contribution in [0, 0.1) is 56.4 Å². The van der Waals surface area contributed by atoms with Crippen LogP contribution >= 0.6 is 7.92 Å². The third-order valence-corrected chi connectivity index (χ3v) is 14.2. The molecule has 2 unspecified atom stereocenters. The van der Waals surface area contributed by atoms with Crippen LogP contribution in [0.25, 0.3) is 21.3 Å². The first-order chi connectivity index (χ1) is 33.5. The van der Waals surface area contributed by atoms with Crippen LogP contribution in [0.4, 0.5) is 17.1 Å². The molecule has 374 valence electrons. The van der Waals surface area contributed by atoms with E-state index in [0.29, 0.717) is 0 Å². The van der Waals surface area contributed by atoms with Crippen LogP contribution in [0.15, 0.2) is 211 Å². The van der Waals surface area contributed by atoms with Crippen molar-refractivity contribution < 1.29 is 25.8 Å². The van der Waals surface area contributed by atoms with Gasteiger partial charge >= 0.3 is 0 Å². The van der Waals surface area contributed by atoms with E-state index in [1.807, 2.05) is 50.2 Å². The maximum absolute atomic E-state index is 5.37. The molecule has 0 amide bonds. The molecule has 0 fully saturated rings. The summed E-state index contributed by atoms with van der Waals surface area (Å²) in [6.45, 7) is 18.2. The number of aliphatic imine (C=N–C) groups is 1. The Morgan fingerprint density at radius 3 is 1.06 bits per heavy atom. The van der Waals surface area contributed by atoms with Gasteiger partial charge in [-0.1, -0.05) is 253 Å². The van der Waals surface area contributed by atoms with Crippen molar-refractivity contribution in [2.75, 3.05) is 0 Å². The molecule has 0 aliphatic rings. The molecule has 2 atom stereocenters. The van der Waals surface area contributed by atoms with Crippen molar-refractivity contribution in [1.82, 2.24) is 0 Å². The Morgan fingerprint density at radius 2 is 0.708 bits per heavy atom. The number of nitrogens with zero attached hydrogens (tertiary/aromatic N) is 5. The fourth-order valence-corrected chi connectivity index (χ4v) is 10.3. The largest absolute Gasteiger partial charge is 0.699 e. The first-order valence-electron chi connectivity index (χ1n) is 24.1. The fraction of sp³-hybridized carbons (Fsp3) is 0.215. The van der Waals surface area contributed by atoms with E-state index in [1.165, 1.54) is 66.1 Å². The number of hydrogen-bond acceptors (Lipinski definition) is 1. The standard InChI is InChI=1S/C29H28NP.2C17H20N2.2CH3.Hf/c1-23-13-12-14-24(2)29(23)30-28(22-21-25-15-6-3-7-16-25)31(26-17-8-4-9-18-26)27-19-10-5-11-20-27;2*1-13-8-7-9-14(2)17(13)19-15(3)18-12-16-10-5-4-6-11-16;;;/h3-20H,21-22H2,1-2H3;2*4-11,15H,12H2,1-3H3;2*1H3;/q;2*-2;2*-1;. The van der Waals surface area contributed by atoms with Crippen LogP contribution < -0.4 is 10.6 Å². The van der Waals surface area contributed by atoms with Crippen LogP contribution in [0.5, 0.6) is 0 Å².